The molecule has 6 nitrogen and oxygen atoms in total. The summed E-state index contributed by atoms with van der Waals surface area (Å²) in [4.78, 5) is 27.3. The Kier molecular flexibility index (Phi) is 5.55. The van der Waals surface area contributed by atoms with E-state index in [4.69, 9.17) is 0 Å². The molecule has 0 unspecified atom stereocenters. The van der Waals surface area contributed by atoms with Gasteiger partial charge in [0.05, 0.1) is 4.92 Å². The van der Waals surface area contributed by atoms with Crippen LogP contribution in [-0.2, 0) is 11.3 Å². The van der Waals surface area contributed by atoms with E-state index >= 15 is 0 Å². The zero-order valence-electron chi connectivity index (χ0n) is 15.4. The molecule has 2 fully saturated rings. The molecule has 1 aliphatic heterocycles. The van der Waals surface area contributed by atoms with Crippen molar-refractivity contribution < 1.29 is 14.1 Å². The highest BCUT2D eigenvalue weighted by molar-refractivity contribution is 5.79. The summed E-state index contributed by atoms with van der Waals surface area (Å²) in [5, 5.41) is 11.1. The quantitative estimate of drug-likeness (QED) is 0.608. The van der Waals surface area contributed by atoms with E-state index in [0.717, 1.165) is 25.7 Å². The van der Waals surface area contributed by atoms with Crippen LogP contribution in [-0.4, -0.2) is 46.3 Å². The normalized spacial score (nSPS) is 22.0. The molecular formula is C19H26FN3O3. The van der Waals surface area contributed by atoms with Crippen LogP contribution in [0.15, 0.2) is 12.1 Å². The lowest BCUT2D eigenvalue weighted by Gasteiger charge is -2.41. The van der Waals surface area contributed by atoms with Crippen LogP contribution in [0.3, 0.4) is 0 Å². The fourth-order valence-corrected chi connectivity index (χ4v) is 4.24. The predicted molar refractivity (Wildman–Crippen MR) is 96.2 cm³/mol. The topological polar surface area (TPSA) is 66.7 Å². The maximum Gasteiger partial charge on any atom is 0.272 e. The van der Waals surface area contributed by atoms with E-state index in [1.807, 2.05) is 11.8 Å². The SMILES string of the molecule is Cc1c([N+](=O)[O-])ccc(F)c1CN1CCN(C(=O)C2CCCC2)[C@@H](C)C1. The second-order valence-corrected chi connectivity index (χ2v) is 7.52. The molecule has 142 valence electrons. The van der Waals surface area contributed by atoms with Crippen LogP contribution in [0.2, 0.25) is 0 Å². The number of amides is 1. The van der Waals surface area contributed by atoms with Gasteiger partial charge in [-0.15, -0.1) is 0 Å². The largest absolute Gasteiger partial charge is 0.337 e. The third-order valence-corrected chi connectivity index (χ3v) is 5.79. The Balaban J connectivity index is 1.67. The zero-order chi connectivity index (χ0) is 18.8. The highest BCUT2D eigenvalue weighted by Crippen LogP contribution is 2.29. The third kappa shape index (κ3) is 3.72. The first-order valence-electron chi connectivity index (χ1n) is 9.33. The summed E-state index contributed by atoms with van der Waals surface area (Å²) in [5.41, 5.74) is 0.707. The molecule has 1 saturated heterocycles. The van der Waals surface area contributed by atoms with Crippen molar-refractivity contribution in [1.82, 2.24) is 9.80 Å². The Morgan fingerprint density at radius 2 is 2.00 bits per heavy atom. The predicted octanol–water partition coefficient (Wildman–Crippen LogP) is 3.27. The minimum atomic E-state index is -0.473. The molecule has 1 amide bonds. The van der Waals surface area contributed by atoms with E-state index < -0.39 is 10.7 Å². The minimum absolute atomic E-state index is 0.0514. The Bertz CT molecular complexity index is 704. The number of rotatable bonds is 4. The summed E-state index contributed by atoms with van der Waals surface area (Å²) in [7, 11) is 0. The van der Waals surface area contributed by atoms with E-state index in [2.05, 4.69) is 4.90 Å². The number of hydrogen-bond donors (Lipinski definition) is 0. The van der Waals surface area contributed by atoms with Gasteiger partial charge in [-0.3, -0.25) is 19.8 Å². The van der Waals surface area contributed by atoms with Crippen molar-refractivity contribution in [3.63, 3.8) is 0 Å². The van der Waals surface area contributed by atoms with Gasteiger partial charge in [-0.25, -0.2) is 4.39 Å². The molecule has 0 spiro atoms. The average molecular weight is 363 g/mol. The minimum Gasteiger partial charge on any atom is -0.337 e. The van der Waals surface area contributed by atoms with Crippen molar-refractivity contribution >= 4 is 11.6 Å². The van der Waals surface area contributed by atoms with Gasteiger partial charge in [-0.2, -0.15) is 0 Å². The summed E-state index contributed by atoms with van der Waals surface area (Å²) in [5.74, 6) is 0.0121. The fraction of sp³-hybridized carbons (Fsp3) is 0.632. The second-order valence-electron chi connectivity index (χ2n) is 7.52. The zero-order valence-corrected chi connectivity index (χ0v) is 15.4. The number of carbonyl (C=O) groups excluding carboxylic acids is 1. The van der Waals surface area contributed by atoms with Crippen molar-refractivity contribution in [3.05, 3.63) is 39.2 Å². The fourth-order valence-electron chi connectivity index (χ4n) is 4.24. The monoisotopic (exact) mass is 363 g/mol. The molecule has 26 heavy (non-hydrogen) atoms. The van der Waals surface area contributed by atoms with Gasteiger partial charge in [0.15, 0.2) is 0 Å². The van der Waals surface area contributed by atoms with Gasteiger partial charge in [-0.05, 0) is 32.8 Å². The lowest BCUT2D eigenvalue weighted by molar-refractivity contribution is -0.385. The lowest BCUT2D eigenvalue weighted by Crippen LogP contribution is -2.54. The van der Waals surface area contributed by atoms with Crippen LogP contribution in [0.25, 0.3) is 0 Å². The average Bonchev–Trinajstić information content (AvgIpc) is 3.12. The maximum atomic E-state index is 14.2. The summed E-state index contributed by atoms with van der Waals surface area (Å²) >= 11 is 0. The molecule has 0 bridgehead atoms. The van der Waals surface area contributed by atoms with Gasteiger partial charge in [0.25, 0.3) is 5.69 Å². The first kappa shape index (κ1) is 18.8. The van der Waals surface area contributed by atoms with Crippen molar-refractivity contribution in [2.45, 2.75) is 52.1 Å². The van der Waals surface area contributed by atoms with Crippen LogP contribution >= 0.6 is 0 Å². The van der Waals surface area contributed by atoms with Crippen molar-refractivity contribution in [2.24, 2.45) is 5.92 Å². The molecule has 1 aromatic rings. The van der Waals surface area contributed by atoms with Crippen LogP contribution in [0.4, 0.5) is 10.1 Å². The molecule has 1 heterocycles. The Morgan fingerprint density at radius 1 is 1.31 bits per heavy atom. The first-order chi connectivity index (χ1) is 12.4. The number of benzene rings is 1. The van der Waals surface area contributed by atoms with Crippen LogP contribution < -0.4 is 0 Å². The van der Waals surface area contributed by atoms with Crippen molar-refractivity contribution in [3.8, 4) is 0 Å². The molecule has 1 atom stereocenters. The molecule has 1 aliphatic carbocycles. The highest BCUT2D eigenvalue weighted by atomic mass is 19.1. The maximum absolute atomic E-state index is 14.2. The standard InChI is InChI=1S/C19H26FN3O3/c1-13-11-21(9-10-22(13)19(24)15-5-3-4-6-15)12-16-14(2)18(23(25)26)8-7-17(16)20/h7-8,13,15H,3-6,9-12H2,1-2H3/t13-/m0/s1. The number of piperazine rings is 1. The van der Waals surface area contributed by atoms with E-state index in [9.17, 15) is 19.3 Å². The molecule has 2 aliphatic rings. The van der Waals surface area contributed by atoms with Crippen LogP contribution in [0, 0.1) is 28.8 Å². The van der Waals surface area contributed by atoms with Gasteiger partial charge < -0.3 is 4.90 Å². The Hall–Kier alpha value is -2.02. The number of nitrogens with zero attached hydrogens (tertiary/aromatic N) is 3. The first-order valence-corrected chi connectivity index (χ1v) is 9.33. The lowest BCUT2D eigenvalue weighted by atomic mass is 10.0. The summed E-state index contributed by atoms with van der Waals surface area (Å²) in [6.07, 6.45) is 4.25. The molecule has 1 saturated carbocycles. The van der Waals surface area contributed by atoms with E-state index in [1.165, 1.54) is 12.1 Å². The Morgan fingerprint density at radius 3 is 2.62 bits per heavy atom. The number of nitro groups is 1. The van der Waals surface area contributed by atoms with Gasteiger partial charge in [0.1, 0.15) is 5.82 Å². The molecule has 3 rings (SSSR count). The molecule has 0 aromatic heterocycles. The second kappa shape index (κ2) is 7.70. The summed E-state index contributed by atoms with van der Waals surface area (Å²) < 4.78 is 14.2. The number of hydrogen-bond acceptors (Lipinski definition) is 4. The van der Waals surface area contributed by atoms with Gasteiger partial charge in [0, 0.05) is 55.3 Å². The molecule has 7 heteroatoms. The van der Waals surface area contributed by atoms with E-state index in [0.29, 0.717) is 37.3 Å². The van der Waals surface area contributed by atoms with Crippen molar-refractivity contribution in [1.29, 1.82) is 0 Å². The third-order valence-electron chi connectivity index (χ3n) is 5.79. The van der Waals surface area contributed by atoms with Gasteiger partial charge >= 0.3 is 0 Å². The molecule has 0 N–H and O–H groups in total. The highest BCUT2D eigenvalue weighted by Gasteiger charge is 2.33. The molecule has 0 radical (unpaired) electrons. The summed E-state index contributed by atoms with van der Waals surface area (Å²) in [6.45, 7) is 5.89. The number of carbonyl (C=O) groups is 1. The van der Waals surface area contributed by atoms with Crippen LogP contribution in [0.1, 0.15) is 43.7 Å². The molecule has 1 aromatic carbocycles. The molecular weight excluding hydrogens is 337 g/mol. The van der Waals surface area contributed by atoms with Crippen molar-refractivity contribution in [2.75, 3.05) is 19.6 Å². The van der Waals surface area contributed by atoms with Crippen LogP contribution in [0.5, 0.6) is 0 Å². The Labute approximate surface area is 153 Å². The number of halogens is 1. The van der Waals surface area contributed by atoms with Gasteiger partial charge in [-0.1, -0.05) is 12.8 Å². The van der Waals surface area contributed by atoms with Gasteiger partial charge in [0.2, 0.25) is 5.91 Å². The number of nitro benzene ring substituents is 1. The van der Waals surface area contributed by atoms with E-state index in [-0.39, 0.29) is 23.6 Å². The smallest absolute Gasteiger partial charge is 0.272 e. The summed E-state index contributed by atoms with van der Waals surface area (Å²) in [6, 6.07) is 2.46. The van der Waals surface area contributed by atoms with E-state index in [1.54, 1.807) is 6.92 Å².